The minimum atomic E-state index is -2.75. The van der Waals surface area contributed by atoms with Crippen molar-refractivity contribution in [2.24, 2.45) is 13.0 Å². The number of hydrogen-bond acceptors (Lipinski definition) is 10. The zero-order valence-electron chi connectivity index (χ0n) is 23.6. The van der Waals surface area contributed by atoms with E-state index in [1.54, 1.807) is 25.2 Å². The van der Waals surface area contributed by atoms with Gasteiger partial charge in [-0.25, -0.2) is 4.98 Å². The number of methoxy groups -OCH3 is 2. The molecule has 2 fully saturated rings. The molecule has 3 N–H and O–H groups in total. The molecular weight excluding hydrogens is 478 g/mol. The summed E-state index contributed by atoms with van der Waals surface area (Å²) < 4.78 is 35.1. The summed E-state index contributed by atoms with van der Waals surface area (Å²) in [6.45, 7) is -1.42. The molecule has 1 saturated heterocycles. The first-order chi connectivity index (χ1) is 19.0. The van der Waals surface area contributed by atoms with Crippen molar-refractivity contribution in [2.75, 3.05) is 49.8 Å². The summed E-state index contributed by atoms with van der Waals surface area (Å²) >= 11 is 0. The van der Waals surface area contributed by atoms with Gasteiger partial charge in [-0.3, -0.25) is 14.3 Å². The fourth-order valence-corrected chi connectivity index (χ4v) is 4.03. The number of carbonyl (C=O) groups is 2. The Kier molecular flexibility index (Phi) is 5.65. The summed E-state index contributed by atoms with van der Waals surface area (Å²) in [6, 6.07) is 5.15. The molecule has 2 amide bonds. The van der Waals surface area contributed by atoms with Crippen molar-refractivity contribution in [3.05, 3.63) is 30.2 Å². The number of amides is 2. The maximum atomic E-state index is 12.9. The molecule has 194 valence electrons. The van der Waals surface area contributed by atoms with E-state index in [1.807, 2.05) is 17.4 Å². The summed E-state index contributed by atoms with van der Waals surface area (Å²) in [6.07, 6.45) is 3.24. The zero-order chi connectivity index (χ0) is 28.6. The second-order valence-electron chi connectivity index (χ2n) is 8.91. The molecule has 0 bridgehead atoms. The third-order valence-electron chi connectivity index (χ3n) is 6.26. The maximum absolute atomic E-state index is 12.9. The van der Waals surface area contributed by atoms with E-state index < -0.39 is 12.9 Å². The van der Waals surface area contributed by atoms with Gasteiger partial charge in [-0.2, -0.15) is 5.10 Å². The molecule has 3 heterocycles. The molecule has 3 aromatic rings. The van der Waals surface area contributed by atoms with Crippen LogP contribution in [0, 0.1) is 5.92 Å². The number of nitrogens with zero attached hydrogens (tertiary/aromatic N) is 6. The lowest BCUT2D eigenvalue weighted by Crippen LogP contribution is -2.51. The predicted molar refractivity (Wildman–Crippen MR) is 136 cm³/mol. The van der Waals surface area contributed by atoms with E-state index in [2.05, 4.69) is 35.8 Å². The Hall–Kier alpha value is -4.26. The number of rotatable bonds is 9. The molecule has 1 saturated carbocycles. The van der Waals surface area contributed by atoms with Gasteiger partial charge in [-0.1, -0.05) is 0 Å². The molecule has 1 aromatic carbocycles. The number of anilines is 4. The van der Waals surface area contributed by atoms with Gasteiger partial charge in [0.1, 0.15) is 6.33 Å². The van der Waals surface area contributed by atoms with Gasteiger partial charge in [0.15, 0.2) is 23.1 Å². The molecule has 1 aliphatic heterocycles. The van der Waals surface area contributed by atoms with E-state index in [0.29, 0.717) is 35.9 Å². The van der Waals surface area contributed by atoms with Crippen molar-refractivity contribution < 1.29 is 23.2 Å². The van der Waals surface area contributed by atoms with Crippen molar-refractivity contribution >= 4 is 34.7 Å². The molecule has 13 heteroatoms. The fourth-order valence-electron chi connectivity index (χ4n) is 4.03. The molecule has 0 unspecified atom stereocenters. The molecule has 37 heavy (non-hydrogen) atoms. The van der Waals surface area contributed by atoms with Crippen molar-refractivity contribution in [2.45, 2.75) is 18.9 Å². The average Bonchev–Trinajstić information content (AvgIpc) is 3.63. The van der Waals surface area contributed by atoms with Gasteiger partial charge in [-0.15, -0.1) is 10.2 Å². The Morgan fingerprint density at radius 3 is 2.59 bits per heavy atom. The Morgan fingerprint density at radius 1 is 1.14 bits per heavy atom. The van der Waals surface area contributed by atoms with Crippen LogP contribution in [0.5, 0.6) is 5.75 Å². The first-order valence-electron chi connectivity index (χ1n) is 13.2. The van der Waals surface area contributed by atoms with Crippen LogP contribution in [-0.2, 0) is 16.6 Å². The predicted octanol–water partition coefficient (Wildman–Crippen LogP) is 1.57. The van der Waals surface area contributed by atoms with Crippen LogP contribution < -0.4 is 25.6 Å². The monoisotopic (exact) mass is 510 g/mol. The number of aryl methyl sites for hydroxylation is 1. The number of ether oxygens (including phenoxy) is 2. The lowest BCUT2D eigenvalue weighted by Gasteiger charge is -2.40. The van der Waals surface area contributed by atoms with Gasteiger partial charge < -0.3 is 30.3 Å². The SMILES string of the molecule is [2H]C([2H])([2H])NC(=O)c1nnc(NC(=O)C2CC2)cc1Nc1cc(N2CC(OC)C2)cc(-c2ncn(C)n2)c1OC. The van der Waals surface area contributed by atoms with Crippen LogP contribution >= 0.6 is 0 Å². The maximum Gasteiger partial charge on any atom is 0.273 e. The van der Waals surface area contributed by atoms with Gasteiger partial charge >= 0.3 is 0 Å². The van der Waals surface area contributed by atoms with Crippen LogP contribution in [0.4, 0.5) is 22.9 Å². The molecule has 5 rings (SSSR count). The van der Waals surface area contributed by atoms with Crippen molar-refractivity contribution in [1.82, 2.24) is 30.3 Å². The van der Waals surface area contributed by atoms with E-state index in [4.69, 9.17) is 13.6 Å². The van der Waals surface area contributed by atoms with Crippen molar-refractivity contribution in [3.8, 4) is 17.1 Å². The minimum absolute atomic E-state index is 0.0885. The summed E-state index contributed by atoms with van der Waals surface area (Å²) in [5.74, 6) is -0.359. The Bertz CT molecular complexity index is 1440. The lowest BCUT2D eigenvalue weighted by atomic mass is 10.1. The van der Waals surface area contributed by atoms with E-state index in [0.717, 1.165) is 18.5 Å². The Labute approximate surface area is 217 Å². The van der Waals surface area contributed by atoms with E-state index >= 15 is 0 Å². The Balaban J connectivity index is 1.58. The number of aromatic nitrogens is 5. The highest BCUT2D eigenvalue weighted by Crippen LogP contribution is 2.42. The van der Waals surface area contributed by atoms with Crippen LogP contribution in [0.2, 0.25) is 0 Å². The minimum Gasteiger partial charge on any atom is -0.494 e. The molecule has 13 nitrogen and oxygen atoms in total. The highest BCUT2D eigenvalue weighted by molar-refractivity contribution is 6.00. The molecule has 2 aliphatic rings. The van der Waals surface area contributed by atoms with Crippen LogP contribution in [0.1, 0.15) is 27.4 Å². The number of hydrogen-bond donors (Lipinski definition) is 3. The van der Waals surface area contributed by atoms with Crippen molar-refractivity contribution in [3.63, 3.8) is 0 Å². The van der Waals surface area contributed by atoms with Crippen LogP contribution in [-0.4, -0.2) is 77.2 Å². The fraction of sp³-hybridized carbons (Fsp3) is 0.417. The second kappa shape index (κ2) is 10.0. The summed E-state index contributed by atoms with van der Waals surface area (Å²) in [5, 5.41) is 20.1. The first kappa shape index (κ1) is 20.9. The first-order valence-corrected chi connectivity index (χ1v) is 11.7. The molecular formula is C24H29N9O4. The summed E-state index contributed by atoms with van der Waals surface area (Å²) in [5.41, 5.74) is 1.66. The topological polar surface area (TPSA) is 148 Å². The van der Waals surface area contributed by atoms with E-state index in [-0.39, 0.29) is 35.1 Å². The van der Waals surface area contributed by atoms with E-state index in [1.165, 1.54) is 13.2 Å². The van der Waals surface area contributed by atoms with Crippen molar-refractivity contribution in [1.29, 1.82) is 0 Å². The standard InChI is InChI=1S/C24H29N9O4/c1-25-24(35)20-17(9-19(29-30-20)28-23(34)13-5-6-13)27-18-8-14(33-10-15(11-33)36-3)7-16(21(18)37-4)22-26-12-32(2)31-22/h7-9,12-13,15H,5-6,10-11H2,1-4H3,(H,25,35)(H2,27,28,29,34)/i1D3. The van der Waals surface area contributed by atoms with Crippen LogP contribution in [0.3, 0.4) is 0 Å². The largest absolute Gasteiger partial charge is 0.494 e. The normalized spacial score (nSPS) is 16.7. The smallest absolute Gasteiger partial charge is 0.273 e. The quantitative estimate of drug-likeness (QED) is 0.387. The van der Waals surface area contributed by atoms with Crippen LogP contribution in [0.15, 0.2) is 24.5 Å². The lowest BCUT2D eigenvalue weighted by molar-refractivity contribution is -0.117. The molecule has 0 spiro atoms. The molecule has 2 aromatic heterocycles. The average molecular weight is 511 g/mol. The third-order valence-corrected chi connectivity index (χ3v) is 6.26. The Morgan fingerprint density at radius 2 is 1.95 bits per heavy atom. The van der Waals surface area contributed by atoms with Gasteiger partial charge in [-0.05, 0) is 25.0 Å². The molecule has 1 aliphatic carbocycles. The van der Waals surface area contributed by atoms with Gasteiger partial charge in [0, 0.05) is 56.0 Å². The van der Waals surface area contributed by atoms with E-state index in [9.17, 15) is 9.59 Å². The van der Waals surface area contributed by atoms with Gasteiger partial charge in [0.2, 0.25) is 5.91 Å². The van der Waals surface area contributed by atoms with Gasteiger partial charge in [0.05, 0.1) is 30.2 Å². The highest BCUT2D eigenvalue weighted by Gasteiger charge is 2.31. The van der Waals surface area contributed by atoms with Crippen LogP contribution in [0.25, 0.3) is 11.4 Å². The number of benzene rings is 1. The molecule has 0 radical (unpaired) electrons. The zero-order valence-corrected chi connectivity index (χ0v) is 20.6. The highest BCUT2D eigenvalue weighted by atomic mass is 16.5. The van der Waals surface area contributed by atoms with Gasteiger partial charge in [0.25, 0.3) is 5.91 Å². The summed E-state index contributed by atoms with van der Waals surface area (Å²) in [7, 11) is 4.90. The number of carbonyl (C=O) groups excluding carboxylic acids is 2. The molecule has 0 atom stereocenters. The second-order valence-corrected chi connectivity index (χ2v) is 8.91. The third kappa shape index (κ3) is 5.03. The summed E-state index contributed by atoms with van der Waals surface area (Å²) in [4.78, 5) is 31.7. The number of nitrogens with one attached hydrogen (secondary N) is 3.